The lowest BCUT2D eigenvalue weighted by molar-refractivity contribution is 0.630. The Morgan fingerprint density at radius 3 is 2.61 bits per heavy atom. The first-order chi connectivity index (χ1) is 11.3. The zero-order valence-electron chi connectivity index (χ0n) is 12.1. The summed E-state index contributed by atoms with van der Waals surface area (Å²) in [6.07, 6.45) is 1.75. The van der Waals surface area contributed by atoms with Crippen LogP contribution in [-0.2, 0) is 0 Å². The number of hydrogen-bond acceptors (Lipinski definition) is 1. The third kappa shape index (κ3) is 2.21. The standard InChI is InChI=1S/C20H11FN2/c1-22-16-4-2-3-14(12-16)20-19-7-5-13-11-15(21)6-8-17(13)18(19)9-10-23-20/h2-12H. The molecular formula is C20H11FN2. The Morgan fingerprint density at radius 2 is 1.74 bits per heavy atom. The molecule has 4 aromatic rings. The third-order valence-electron chi connectivity index (χ3n) is 3.97. The third-order valence-corrected chi connectivity index (χ3v) is 3.97. The van der Waals surface area contributed by atoms with Gasteiger partial charge in [0.05, 0.1) is 12.3 Å². The van der Waals surface area contributed by atoms with Crippen LogP contribution in [0.15, 0.2) is 66.9 Å². The second-order valence-corrected chi connectivity index (χ2v) is 5.35. The lowest BCUT2D eigenvalue weighted by atomic mass is 9.98. The predicted octanol–water partition coefficient (Wildman–Crippen LogP) is 5.74. The van der Waals surface area contributed by atoms with Gasteiger partial charge in [-0.2, -0.15) is 0 Å². The quantitative estimate of drug-likeness (QED) is 0.323. The largest absolute Gasteiger partial charge is 0.256 e. The summed E-state index contributed by atoms with van der Waals surface area (Å²) in [6, 6.07) is 18.0. The van der Waals surface area contributed by atoms with Crippen molar-refractivity contribution in [1.29, 1.82) is 0 Å². The molecule has 0 saturated heterocycles. The van der Waals surface area contributed by atoms with Crippen molar-refractivity contribution in [3.05, 3.63) is 84.1 Å². The average molecular weight is 298 g/mol. The molecule has 0 aliphatic carbocycles. The molecule has 0 radical (unpaired) electrons. The molecule has 0 N–H and O–H groups in total. The molecule has 0 fully saturated rings. The molecular weight excluding hydrogens is 287 g/mol. The Balaban J connectivity index is 2.05. The zero-order chi connectivity index (χ0) is 15.8. The molecule has 0 atom stereocenters. The molecule has 3 heteroatoms. The molecule has 0 aliphatic heterocycles. The van der Waals surface area contributed by atoms with E-state index in [1.165, 1.54) is 12.1 Å². The Labute approximate surface area is 132 Å². The minimum absolute atomic E-state index is 0.240. The Hall–Kier alpha value is -3.25. The van der Waals surface area contributed by atoms with Gasteiger partial charge in [-0.1, -0.05) is 36.4 Å². The molecule has 23 heavy (non-hydrogen) atoms. The van der Waals surface area contributed by atoms with Gasteiger partial charge in [0.1, 0.15) is 5.82 Å². The SMILES string of the molecule is [C-]#[N+]c1cccc(-c2nccc3c2ccc2cc(F)ccc23)c1. The Morgan fingerprint density at radius 1 is 0.870 bits per heavy atom. The summed E-state index contributed by atoms with van der Waals surface area (Å²) < 4.78 is 13.4. The number of halogens is 1. The second kappa shape index (κ2) is 5.19. The summed E-state index contributed by atoms with van der Waals surface area (Å²) in [6.45, 7) is 7.16. The van der Waals surface area contributed by atoms with Crippen LogP contribution < -0.4 is 0 Å². The monoisotopic (exact) mass is 298 g/mol. The van der Waals surface area contributed by atoms with E-state index in [1.807, 2.05) is 36.4 Å². The van der Waals surface area contributed by atoms with Crippen LogP contribution in [0.2, 0.25) is 0 Å². The van der Waals surface area contributed by atoms with Crippen LogP contribution in [0.4, 0.5) is 10.1 Å². The Bertz CT molecular complexity index is 1090. The molecule has 3 aromatic carbocycles. The number of rotatable bonds is 1. The average Bonchev–Trinajstić information content (AvgIpc) is 2.60. The zero-order valence-corrected chi connectivity index (χ0v) is 12.1. The summed E-state index contributed by atoms with van der Waals surface area (Å²) in [5.41, 5.74) is 2.33. The maximum Gasteiger partial charge on any atom is 0.187 e. The molecule has 2 nitrogen and oxygen atoms in total. The minimum Gasteiger partial charge on any atom is -0.256 e. The molecule has 1 aromatic heterocycles. The van der Waals surface area contributed by atoms with Gasteiger partial charge in [-0.05, 0) is 46.0 Å². The smallest absolute Gasteiger partial charge is 0.187 e. The number of hydrogen-bond donors (Lipinski definition) is 0. The number of nitrogens with zero attached hydrogens (tertiary/aromatic N) is 2. The second-order valence-electron chi connectivity index (χ2n) is 5.35. The molecule has 0 amide bonds. The van der Waals surface area contributed by atoms with E-state index >= 15 is 0 Å². The lowest BCUT2D eigenvalue weighted by Gasteiger charge is -2.09. The van der Waals surface area contributed by atoms with E-state index in [0.717, 1.165) is 32.8 Å². The Kier molecular flexibility index (Phi) is 3.03. The van der Waals surface area contributed by atoms with Gasteiger partial charge in [0.25, 0.3) is 0 Å². The highest BCUT2D eigenvalue weighted by Gasteiger charge is 2.09. The van der Waals surface area contributed by atoms with Crippen LogP contribution in [-0.4, -0.2) is 4.98 Å². The van der Waals surface area contributed by atoms with E-state index in [4.69, 9.17) is 6.57 Å². The van der Waals surface area contributed by atoms with Crippen molar-refractivity contribution in [2.45, 2.75) is 0 Å². The fourth-order valence-electron chi connectivity index (χ4n) is 2.92. The van der Waals surface area contributed by atoms with E-state index < -0.39 is 0 Å². The summed E-state index contributed by atoms with van der Waals surface area (Å²) in [5, 5.41) is 3.88. The van der Waals surface area contributed by atoms with Crippen molar-refractivity contribution in [3.63, 3.8) is 0 Å². The molecule has 0 bridgehead atoms. The lowest BCUT2D eigenvalue weighted by Crippen LogP contribution is -1.87. The van der Waals surface area contributed by atoms with Crippen LogP contribution in [0.25, 0.3) is 37.6 Å². The van der Waals surface area contributed by atoms with Crippen molar-refractivity contribution in [1.82, 2.24) is 4.98 Å². The fraction of sp³-hybridized carbons (Fsp3) is 0. The van der Waals surface area contributed by atoms with Gasteiger partial charge in [-0.3, -0.25) is 4.98 Å². The fourth-order valence-corrected chi connectivity index (χ4v) is 2.92. The maximum absolute atomic E-state index is 13.4. The number of aromatic nitrogens is 1. The molecule has 0 saturated carbocycles. The van der Waals surface area contributed by atoms with Gasteiger partial charge in [0.15, 0.2) is 5.69 Å². The molecule has 4 rings (SSSR count). The van der Waals surface area contributed by atoms with E-state index in [1.54, 1.807) is 18.3 Å². The van der Waals surface area contributed by atoms with Crippen molar-refractivity contribution in [3.8, 4) is 11.3 Å². The van der Waals surface area contributed by atoms with E-state index in [0.29, 0.717) is 5.69 Å². The highest BCUT2D eigenvalue weighted by atomic mass is 19.1. The molecule has 108 valence electrons. The van der Waals surface area contributed by atoms with Gasteiger partial charge in [0, 0.05) is 11.6 Å². The van der Waals surface area contributed by atoms with Gasteiger partial charge in [0.2, 0.25) is 0 Å². The predicted molar refractivity (Wildman–Crippen MR) is 90.9 cm³/mol. The highest BCUT2D eigenvalue weighted by Crippen LogP contribution is 2.33. The number of fused-ring (bicyclic) bond motifs is 3. The van der Waals surface area contributed by atoms with Crippen molar-refractivity contribution in [2.24, 2.45) is 0 Å². The van der Waals surface area contributed by atoms with Crippen LogP contribution in [0, 0.1) is 12.4 Å². The van der Waals surface area contributed by atoms with E-state index in [-0.39, 0.29) is 5.82 Å². The van der Waals surface area contributed by atoms with Crippen molar-refractivity contribution in [2.75, 3.05) is 0 Å². The molecule has 0 unspecified atom stereocenters. The topological polar surface area (TPSA) is 17.2 Å². The summed E-state index contributed by atoms with van der Waals surface area (Å²) in [5.74, 6) is -0.240. The van der Waals surface area contributed by atoms with Gasteiger partial charge in [-0.25, -0.2) is 9.24 Å². The van der Waals surface area contributed by atoms with Gasteiger partial charge >= 0.3 is 0 Å². The molecule has 0 spiro atoms. The van der Waals surface area contributed by atoms with Gasteiger partial charge in [-0.15, -0.1) is 0 Å². The van der Waals surface area contributed by atoms with Crippen LogP contribution in [0.5, 0.6) is 0 Å². The first-order valence-corrected chi connectivity index (χ1v) is 7.21. The van der Waals surface area contributed by atoms with E-state index in [2.05, 4.69) is 9.83 Å². The van der Waals surface area contributed by atoms with Crippen LogP contribution >= 0.6 is 0 Å². The summed E-state index contributed by atoms with van der Waals surface area (Å²) in [7, 11) is 0. The maximum atomic E-state index is 13.4. The van der Waals surface area contributed by atoms with Crippen LogP contribution in [0.3, 0.4) is 0 Å². The summed E-state index contributed by atoms with van der Waals surface area (Å²) >= 11 is 0. The van der Waals surface area contributed by atoms with Crippen molar-refractivity contribution >= 4 is 27.2 Å². The van der Waals surface area contributed by atoms with E-state index in [9.17, 15) is 4.39 Å². The van der Waals surface area contributed by atoms with Gasteiger partial charge < -0.3 is 0 Å². The first kappa shape index (κ1) is 13.4. The van der Waals surface area contributed by atoms with Crippen LogP contribution in [0.1, 0.15) is 0 Å². The first-order valence-electron chi connectivity index (χ1n) is 7.21. The molecule has 0 aliphatic rings. The minimum atomic E-state index is -0.240. The number of benzene rings is 3. The summed E-state index contributed by atoms with van der Waals surface area (Å²) in [4.78, 5) is 7.98. The van der Waals surface area contributed by atoms with Crippen molar-refractivity contribution < 1.29 is 4.39 Å². The molecule has 1 heterocycles. The number of pyridine rings is 1. The highest BCUT2D eigenvalue weighted by molar-refractivity contribution is 6.11. The normalized spacial score (nSPS) is 10.8.